The second-order valence-corrected chi connectivity index (χ2v) is 5.84. The number of rotatable bonds is 4. The first-order valence-corrected chi connectivity index (χ1v) is 7.46. The zero-order valence-corrected chi connectivity index (χ0v) is 11.9. The van der Waals surface area contributed by atoms with Gasteiger partial charge in [0.1, 0.15) is 5.82 Å². The smallest absolute Gasteiger partial charge is 0.232 e. The van der Waals surface area contributed by atoms with Crippen LogP contribution in [-0.4, -0.2) is 40.5 Å². The van der Waals surface area contributed by atoms with Crippen LogP contribution in [0.25, 0.3) is 0 Å². The van der Waals surface area contributed by atoms with Gasteiger partial charge in [-0.2, -0.15) is 0 Å². The highest BCUT2D eigenvalue weighted by molar-refractivity contribution is 8.00. The molecule has 1 aromatic heterocycles. The number of carbonyl (C=O) groups is 2. The molecule has 20 heavy (non-hydrogen) atoms. The molecule has 6 nitrogen and oxygen atoms in total. The Morgan fingerprint density at radius 2 is 2.25 bits per heavy atom. The van der Waals surface area contributed by atoms with Crippen molar-refractivity contribution in [3.05, 3.63) is 18.3 Å². The lowest BCUT2D eigenvalue weighted by Gasteiger charge is -2.31. The first kappa shape index (κ1) is 14.6. The number of nitrogens with zero attached hydrogens (tertiary/aromatic N) is 2. The maximum Gasteiger partial charge on any atom is 0.232 e. The highest BCUT2D eigenvalue weighted by atomic mass is 32.2. The van der Waals surface area contributed by atoms with E-state index in [1.165, 1.54) is 11.8 Å². The van der Waals surface area contributed by atoms with Crippen molar-refractivity contribution in [1.29, 1.82) is 0 Å². The zero-order chi connectivity index (χ0) is 14.5. The molecule has 2 amide bonds. The normalized spacial score (nSPS) is 18.8. The topological polar surface area (TPSA) is 102 Å². The molecule has 1 saturated heterocycles. The summed E-state index contributed by atoms with van der Waals surface area (Å²) in [5, 5.41) is 0. The second kappa shape index (κ2) is 6.60. The number of hydrogen-bond donors (Lipinski definition) is 2. The first-order valence-electron chi connectivity index (χ1n) is 6.47. The van der Waals surface area contributed by atoms with Crippen LogP contribution in [0.1, 0.15) is 12.8 Å². The highest BCUT2D eigenvalue weighted by Crippen LogP contribution is 2.21. The van der Waals surface area contributed by atoms with Gasteiger partial charge in [0, 0.05) is 24.2 Å². The minimum absolute atomic E-state index is 0.0257. The molecule has 0 bridgehead atoms. The van der Waals surface area contributed by atoms with Gasteiger partial charge in [0.25, 0.3) is 0 Å². The molecule has 1 aliphatic rings. The third-order valence-electron chi connectivity index (χ3n) is 3.30. The van der Waals surface area contributed by atoms with E-state index in [0.29, 0.717) is 24.7 Å². The fourth-order valence-corrected chi connectivity index (χ4v) is 2.91. The summed E-state index contributed by atoms with van der Waals surface area (Å²) in [5.41, 5.74) is 10.8. The summed E-state index contributed by atoms with van der Waals surface area (Å²) in [6.45, 7) is 1.14. The van der Waals surface area contributed by atoms with Gasteiger partial charge in [0.2, 0.25) is 11.8 Å². The van der Waals surface area contributed by atoms with E-state index >= 15 is 0 Å². The number of hydrogen-bond acceptors (Lipinski definition) is 5. The van der Waals surface area contributed by atoms with Crippen molar-refractivity contribution in [2.24, 2.45) is 11.7 Å². The summed E-state index contributed by atoms with van der Waals surface area (Å²) in [4.78, 5) is 29.9. The van der Waals surface area contributed by atoms with Crippen molar-refractivity contribution in [2.75, 3.05) is 24.6 Å². The maximum atomic E-state index is 12.1. The molecular weight excluding hydrogens is 276 g/mol. The molecular formula is C13H18N4O2S. The standard InChI is InChI=1S/C13H18N4O2S/c14-11-4-3-10(6-16-11)20-8-12(18)17-5-1-2-9(7-17)13(15)19/h3-4,6,9H,1-2,5,7-8H2,(H2,14,16)(H2,15,19). The average Bonchev–Trinajstić information content (AvgIpc) is 2.46. The fourth-order valence-electron chi connectivity index (χ4n) is 2.15. The van der Waals surface area contributed by atoms with Crippen LogP contribution in [0.3, 0.4) is 0 Å². The Morgan fingerprint density at radius 1 is 1.45 bits per heavy atom. The number of nitrogen functional groups attached to an aromatic ring is 1. The van der Waals surface area contributed by atoms with E-state index in [9.17, 15) is 9.59 Å². The van der Waals surface area contributed by atoms with Gasteiger partial charge in [-0.15, -0.1) is 11.8 Å². The Labute approximate surface area is 121 Å². The number of nitrogens with two attached hydrogens (primary N) is 2. The number of piperidine rings is 1. The van der Waals surface area contributed by atoms with Crippen LogP contribution in [0.15, 0.2) is 23.2 Å². The summed E-state index contributed by atoms with van der Waals surface area (Å²) >= 11 is 1.42. The highest BCUT2D eigenvalue weighted by Gasteiger charge is 2.26. The Kier molecular flexibility index (Phi) is 4.84. The quantitative estimate of drug-likeness (QED) is 0.786. The summed E-state index contributed by atoms with van der Waals surface area (Å²) in [5.74, 6) is 0.282. The van der Waals surface area contributed by atoms with Crippen LogP contribution in [0.4, 0.5) is 5.82 Å². The van der Waals surface area contributed by atoms with Crippen molar-refractivity contribution in [3.63, 3.8) is 0 Å². The lowest BCUT2D eigenvalue weighted by Crippen LogP contribution is -2.44. The number of aromatic nitrogens is 1. The van der Waals surface area contributed by atoms with E-state index in [2.05, 4.69) is 4.98 Å². The number of carbonyl (C=O) groups excluding carboxylic acids is 2. The van der Waals surface area contributed by atoms with Gasteiger partial charge in [-0.25, -0.2) is 4.98 Å². The van der Waals surface area contributed by atoms with E-state index in [1.807, 2.05) is 6.07 Å². The third-order valence-corrected chi connectivity index (χ3v) is 4.26. The number of amides is 2. The molecule has 0 aromatic carbocycles. The molecule has 1 fully saturated rings. The number of anilines is 1. The van der Waals surface area contributed by atoms with Gasteiger partial charge < -0.3 is 16.4 Å². The van der Waals surface area contributed by atoms with E-state index < -0.39 is 0 Å². The molecule has 0 aliphatic carbocycles. The molecule has 2 heterocycles. The van der Waals surface area contributed by atoms with Crippen LogP contribution in [0.2, 0.25) is 0 Å². The van der Waals surface area contributed by atoms with Gasteiger partial charge in [-0.1, -0.05) is 0 Å². The van der Waals surface area contributed by atoms with Crippen LogP contribution >= 0.6 is 11.8 Å². The molecule has 4 N–H and O–H groups in total. The molecule has 7 heteroatoms. The Morgan fingerprint density at radius 3 is 2.90 bits per heavy atom. The Balaban J connectivity index is 1.85. The maximum absolute atomic E-state index is 12.1. The van der Waals surface area contributed by atoms with E-state index in [-0.39, 0.29) is 17.7 Å². The lowest BCUT2D eigenvalue weighted by atomic mass is 9.97. The minimum Gasteiger partial charge on any atom is -0.384 e. The zero-order valence-electron chi connectivity index (χ0n) is 11.1. The lowest BCUT2D eigenvalue weighted by molar-refractivity contribution is -0.132. The Bertz CT molecular complexity index is 492. The van der Waals surface area contributed by atoms with Crippen molar-refractivity contribution in [2.45, 2.75) is 17.7 Å². The van der Waals surface area contributed by atoms with Crippen LogP contribution in [0.5, 0.6) is 0 Å². The summed E-state index contributed by atoms with van der Waals surface area (Å²) < 4.78 is 0. The summed E-state index contributed by atoms with van der Waals surface area (Å²) in [6.07, 6.45) is 3.25. The Hall–Kier alpha value is -1.76. The molecule has 108 valence electrons. The number of primary amides is 1. The molecule has 0 spiro atoms. The van der Waals surface area contributed by atoms with Gasteiger partial charge in [0.15, 0.2) is 0 Å². The van der Waals surface area contributed by atoms with Crippen LogP contribution < -0.4 is 11.5 Å². The van der Waals surface area contributed by atoms with Crippen molar-refractivity contribution in [3.8, 4) is 0 Å². The first-order chi connectivity index (χ1) is 9.56. The SMILES string of the molecule is NC(=O)C1CCCN(C(=O)CSc2ccc(N)nc2)C1. The van der Waals surface area contributed by atoms with Crippen LogP contribution in [0, 0.1) is 5.92 Å². The van der Waals surface area contributed by atoms with Gasteiger partial charge in [-0.05, 0) is 25.0 Å². The molecule has 0 saturated carbocycles. The van der Waals surface area contributed by atoms with Gasteiger partial charge in [0.05, 0.1) is 11.7 Å². The predicted molar refractivity (Wildman–Crippen MR) is 77.9 cm³/mol. The minimum atomic E-state index is -0.321. The third kappa shape index (κ3) is 3.86. The number of thioether (sulfide) groups is 1. The molecule has 1 atom stereocenters. The average molecular weight is 294 g/mol. The monoisotopic (exact) mass is 294 g/mol. The predicted octanol–water partition coefficient (Wildman–Crippen LogP) is 0.480. The van der Waals surface area contributed by atoms with Crippen molar-refractivity contribution in [1.82, 2.24) is 9.88 Å². The summed E-state index contributed by atoms with van der Waals surface area (Å²) in [7, 11) is 0. The van der Waals surface area contributed by atoms with E-state index in [1.54, 1.807) is 17.2 Å². The second-order valence-electron chi connectivity index (χ2n) is 4.79. The molecule has 1 unspecified atom stereocenters. The molecule has 0 radical (unpaired) electrons. The van der Waals surface area contributed by atoms with E-state index in [0.717, 1.165) is 17.7 Å². The van der Waals surface area contributed by atoms with Gasteiger partial charge >= 0.3 is 0 Å². The van der Waals surface area contributed by atoms with Crippen molar-refractivity contribution >= 4 is 29.4 Å². The van der Waals surface area contributed by atoms with Crippen molar-refractivity contribution < 1.29 is 9.59 Å². The molecule has 1 aromatic rings. The number of pyridine rings is 1. The van der Waals surface area contributed by atoms with E-state index in [4.69, 9.17) is 11.5 Å². The number of likely N-dealkylation sites (tertiary alicyclic amines) is 1. The molecule has 1 aliphatic heterocycles. The summed E-state index contributed by atoms with van der Waals surface area (Å²) in [6, 6.07) is 3.54. The largest absolute Gasteiger partial charge is 0.384 e. The van der Waals surface area contributed by atoms with Gasteiger partial charge in [-0.3, -0.25) is 9.59 Å². The van der Waals surface area contributed by atoms with Crippen LogP contribution in [-0.2, 0) is 9.59 Å². The molecule has 2 rings (SSSR count). The fraction of sp³-hybridized carbons (Fsp3) is 0.462.